The van der Waals surface area contributed by atoms with E-state index in [0.717, 1.165) is 25.8 Å². The van der Waals surface area contributed by atoms with Gasteiger partial charge in [0.05, 0.1) is 13.0 Å². The molecule has 0 bridgehead atoms. The van der Waals surface area contributed by atoms with Crippen LogP contribution in [0.25, 0.3) is 0 Å². The van der Waals surface area contributed by atoms with Crippen LogP contribution in [0, 0.1) is 0 Å². The number of nitrogens with zero attached hydrogens (tertiary/aromatic N) is 2. The van der Waals surface area contributed by atoms with Crippen LogP contribution in [-0.2, 0) is 9.59 Å². The van der Waals surface area contributed by atoms with Gasteiger partial charge in [0.2, 0.25) is 5.91 Å². The number of amides is 1. The molecule has 1 fully saturated rings. The molecule has 1 amide bonds. The van der Waals surface area contributed by atoms with Crippen LogP contribution < -0.4 is 0 Å². The minimum Gasteiger partial charge on any atom is -0.481 e. The molecule has 1 rings (SSSR count). The Balaban J connectivity index is 2.44. The molecule has 0 aromatic carbocycles. The highest BCUT2D eigenvalue weighted by Crippen LogP contribution is 2.21. The van der Waals surface area contributed by atoms with Crippen molar-refractivity contribution in [1.29, 1.82) is 0 Å². The van der Waals surface area contributed by atoms with Gasteiger partial charge < -0.3 is 10.0 Å². The minimum absolute atomic E-state index is 0.0976. The molecule has 0 unspecified atom stereocenters. The highest BCUT2D eigenvalue weighted by molar-refractivity contribution is 5.78. The fraction of sp³-hybridized carbons (Fsp3) is 0.867. The summed E-state index contributed by atoms with van der Waals surface area (Å²) in [6.07, 6.45) is 6.93. The Kier molecular flexibility index (Phi) is 7.59. The van der Waals surface area contributed by atoms with Crippen molar-refractivity contribution >= 4 is 11.9 Å². The van der Waals surface area contributed by atoms with Crippen LogP contribution >= 0.6 is 0 Å². The predicted octanol–water partition coefficient (Wildman–Crippen LogP) is 1.96. The summed E-state index contributed by atoms with van der Waals surface area (Å²) in [5.74, 6) is -0.685. The fourth-order valence-electron chi connectivity index (χ4n) is 2.81. The van der Waals surface area contributed by atoms with Gasteiger partial charge in [-0.2, -0.15) is 0 Å². The summed E-state index contributed by atoms with van der Waals surface area (Å²) in [7, 11) is 1.89. The topological polar surface area (TPSA) is 60.9 Å². The van der Waals surface area contributed by atoms with E-state index in [0.29, 0.717) is 19.1 Å². The molecule has 20 heavy (non-hydrogen) atoms. The van der Waals surface area contributed by atoms with E-state index in [1.165, 1.54) is 19.3 Å². The number of carboxylic acid groups (broad SMARTS) is 1. The van der Waals surface area contributed by atoms with Gasteiger partial charge in [-0.15, -0.1) is 0 Å². The molecule has 1 N–H and O–H groups in total. The molecular weight excluding hydrogens is 256 g/mol. The zero-order chi connectivity index (χ0) is 15.0. The fourth-order valence-corrected chi connectivity index (χ4v) is 2.81. The molecule has 5 heteroatoms. The maximum Gasteiger partial charge on any atom is 0.304 e. The second-order valence-corrected chi connectivity index (χ2v) is 5.72. The average molecular weight is 284 g/mol. The van der Waals surface area contributed by atoms with E-state index in [2.05, 4.69) is 0 Å². The molecule has 0 radical (unpaired) electrons. The van der Waals surface area contributed by atoms with Gasteiger partial charge in [-0.25, -0.2) is 0 Å². The van der Waals surface area contributed by atoms with Crippen LogP contribution in [0.5, 0.6) is 0 Å². The average Bonchev–Trinajstić information content (AvgIpc) is 2.45. The van der Waals surface area contributed by atoms with Crippen LogP contribution in [0.1, 0.15) is 51.9 Å². The number of hydrogen-bond donors (Lipinski definition) is 1. The van der Waals surface area contributed by atoms with E-state index in [1.807, 2.05) is 23.8 Å². The molecule has 5 nitrogen and oxygen atoms in total. The standard InChI is InChI=1S/C15H28N2O3/c1-3-10-17(11-9-15(19)20)12-14(18)16(2)13-7-5-4-6-8-13/h13H,3-12H2,1-2H3,(H,19,20). The Morgan fingerprint density at radius 2 is 1.80 bits per heavy atom. The van der Waals surface area contributed by atoms with Gasteiger partial charge in [0, 0.05) is 19.6 Å². The molecule has 116 valence electrons. The lowest BCUT2D eigenvalue weighted by molar-refractivity contribution is -0.139. The summed E-state index contributed by atoms with van der Waals surface area (Å²) < 4.78 is 0. The smallest absolute Gasteiger partial charge is 0.304 e. The molecule has 0 aromatic heterocycles. The summed E-state index contributed by atoms with van der Waals surface area (Å²) >= 11 is 0. The van der Waals surface area contributed by atoms with Crippen molar-refractivity contribution in [2.24, 2.45) is 0 Å². The highest BCUT2D eigenvalue weighted by atomic mass is 16.4. The maximum atomic E-state index is 12.3. The molecule has 1 saturated carbocycles. The van der Waals surface area contributed by atoms with Crippen LogP contribution in [0.2, 0.25) is 0 Å². The molecule has 0 saturated heterocycles. The van der Waals surface area contributed by atoms with Crippen LogP contribution in [-0.4, -0.2) is 59.5 Å². The van der Waals surface area contributed by atoms with E-state index >= 15 is 0 Å². The summed E-state index contributed by atoms with van der Waals surface area (Å²) in [5, 5.41) is 8.76. The lowest BCUT2D eigenvalue weighted by atomic mass is 9.94. The van der Waals surface area contributed by atoms with Crippen molar-refractivity contribution in [3.05, 3.63) is 0 Å². The van der Waals surface area contributed by atoms with Gasteiger partial charge in [0.1, 0.15) is 0 Å². The van der Waals surface area contributed by atoms with Crippen molar-refractivity contribution < 1.29 is 14.7 Å². The monoisotopic (exact) mass is 284 g/mol. The third-order valence-electron chi connectivity index (χ3n) is 4.06. The number of aliphatic carboxylic acids is 1. The zero-order valence-corrected chi connectivity index (χ0v) is 12.8. The SMILES string of the molecule is CCCN(CCC(=O)O)CC(=O)N(C)C1CCCCC1. The van der Waals surface area contributed by atoms with Crippen LogP contribution in [0.3, 0.4) is 0 Å². The third-order valence-corrected chi connectivity index (χ3v) is 4.06. The van der Waals surface area contributed by atoms with Crippen LogP contribution in [0.4, 0.5) is 0 Å². The normalized spacial score (nSPS) is 16.4. The molecule has 1 aliphatic rings. The Labute approximate surface area is 121 Å². The Morgan fingerprint density at radius 3 is 2.35 bits per heavy atom. The maximum absolute atomic E-state index is 12.3. The Morgan fingerprint density at radius 1 is 1.15 bits per heavy atom. The van der Waals surface area contributed by atoms with Gasteiger partial charge >= 0.3 is 5.97 Å². The van der Waals surface area contributed by atoms with Crippen molar-refractivity contribution in [1.82, 2.24) is 9.80 Å². The van der Waals surface area contributed by atoms with Gasteiger partial charge in [-0.1, -0.05) is 26.2 Å². The number of carbonyl (C=O) groups excluding carboxylic acids is 1. The number of carboxylic acids is 1. The predicted molar refractivity (Wildman–Crippen MR) is 78.6 cm³/mol. The molecule has 1 aliphatic carbocycles. The van der Waals surface area contributed by atoms with E-state index in [4.69, 9.17) is 5.11 Å². The third kappa shape index (κ3) is 5.90. The largest absolute Gasteiger partial charge is 0.481 e. The Bertz CT molecular complexity index is 314. The van der Waals surface area contributed by atoms with Crippen molar-refractivity contribution in [2.45, 2.75) is 57.9 Å². The summed E-state index contributed by atoms with van der Waals surface area (Å²) in [6, 6.07) is 0.374. The first-order chi connectivity index (χ1) is 9.54. The van der Waals surface area contributed by atoms with Gasteiger partial charge in [0.25, 0.3) is 0 Å². The lowest BCUT2D eigenvalue weighted by Gasteiger charge is -2.33. The van der Waals surface area contributed by atoms with Crippen LogP contribution in [0.15, 0.2) is 0 Å². The first-order valence-corrected chi connectivity index (χ1v) is 7.74. The minimum atomic E-state index is -0.806. The van der Waals surface area contributed by atoms with Gasteiger partial charge in [0.15, 0.2) is 0 Å². The summed E-state index contributed by atoms with van der Waals surface area (Å²) in [5.41, 5.74) is 0. The summed E-state index contributed by atoms with van der Waals surface area (Å²) in [4.78, 5) is 26.8. The zero-order valence-electron chi connectivity index (χ0n) is 12.8. The molecular formula is C15H28N2O3. The molecule has 0 heterocycles. The van der Waals surface area contributed by atoms with E-state index in [1.54, 1.807) is 0 Å². The van der Waals surface area contributed by atoms with Crippen molar-refractivity contribution in [3.8, 4) is 0 Å². The molecule has 0 atom stereocenters. The number of likely N-dealkylation sites (N-methyl/N-ethyl adjacent to an activating group) is 1. The molecule has 0 aliphatic heterocycles. The number of hydrogen-bond acceptors (Lipinski definition) is 3. The van der Waals surface area contributed by atoms with Gasteiger partial charge in [-0.3, -0.25) is 14.5 Å². The number of rotatable bonds is 8. The second-order valence-electron chi connectivity index (χ2n) is 5.72. The van der Waals surface area contributed by atoms with Crippen molar-refractivity contribution in [3.63, 3.8) is 0 Å². The lowest BCUT2D eigenvalue weighted by Crippen LogP contribution is -2.44. The van der Waals surface area contributed by atoms with E-state index in [9.17, 15) is 9.59 Å². The van der Waals surface area contributed by atoms with Gasteiger partial charge in [-0.05, 0) is 25.8 Å². The quantitative estimate of drug-likeness (QED) is 0.740. The first kappa shape index (κ1) is 17.0. The number of carbonyl (C=O) groups is 2. The van der Waals surface area contributed by atoms with E-state index in [-0.39, 0.29) is 12.3 Å². The second kappa shape index (κ2) is 8.95. The van der Waals surface area contributed by atoms with Crippen molar-refractivity contribution in [2.75, 3.05) is 26.7 Å². The summed E-state index contributed by atoms with van der Waals surface area (Å²) in [6.45, 7) is 3.61. The van der Waals surface area contributed by atoms with E-state index < -0.39 is 5.97 Å². The highest BCUT2D eigenvalue weighted by Gasteiger charge is 2.23. The molecule has 0 aromatic rings. The first-order valence-electron chi connectivity index (χ1n) is 7.74. The molecule has 0 spiro atoms. The Hall–Kier alpha value is -1.10.